The molecule has 1 saturated heterocycles. The number of halogens is 1. The molecule has 0 unspecified atom stereocenters. The van der Waals surface area contributed by atoms with Gasteiger partial charge in [-0.2, -0.15) is 0 Å². The number of nitrogens with zero attached hydrogens (tertiary/aromatic N) is 1. The van der Waals surface area contributed by atoms with Crippen molar-refractivity contribution < 1.29 is 18.7 Å². The lowest BCUT2D eigenvalue weighted by atomic mass is 9.72. The van der Waals surface area contributed by atoms with Crippen LogP contribution >= 0.6 is 0 Å². The van der Waals surface area contributed by atoms with Crippen molar-refractivity contribution in [1.29, 1.82) is 5.41 Å². The number of ether oxygens (including phenoxy) is 1. The van der Waals surface area contributed by atoms with Crippen LogP contribution in [-0.2, 0) is 9.53 Å². The summed E-state index contributed by atoms with van der Waals surface area (Å²) in [5, 5.41) is 14.1. The third kappa shape index (κ3) is 3.54. The Bertz CT molecular complexity index is 933. The number of hydrogen-bond acceptors (Lipinski definition) is 7. The summed E-state index contributed by atoms with van der Waals surface area (Å²) in [5.41, 5.74) is 5.50. The van der Waals surface area contributed by atoms with Crippen LogP contribution in [0.5, 0.6) is 0 Å². The van der Waals surface area contributed by atoms with Gasteiger partial charge >= 0.3 is 5.97 Å². The van der Waals surface area contributed by atoms with E-state index in [1.807, 2.05) is 0 Å². The first-order valence-corrected chi connectivity index (χ1v) is 10.1. The molecule has 0 aromatic heterocycles. The molecule has 9 heteroatoms. The number of methoxy groups -OCH3 is 1. The summed E-state index contributed by atoms with van der Waals surface area (Å²) >= 11 is 0. The number of amides is 1. The molecule has 0 atom stereocenters. The zero-order chi connectivity index (χ0) is 21.5. The van der Waals surface area contributed by atoms with Gasteiger partial charge in [-0.15, -0.1) is 0 Å². The number of esters is 1. The Morgan fingerprint density at radius 3 is 2.60 bits per heavy atom. The number of fused-ring (bicyclic) bond motifs is 1. The van der Waals surface area contributed by atoms with E-state index in [2.05, 4.69) is 15.5 Å². The number of rotatable bonds is 6. The van der Waals surface area contributed by atoms with Crippen LogP contribution in [0.4, 0.5) is 15.8 Å². The number of benzene rings is 1. The van der Waals surface area contributed by atoms with Gasteiger partial charge in [-0.05, 0) is 56.8 Å². The summed E-state index contributed by atoms with van der Waals surface area (Å²) in [7, 11) is 1.34. The van der Waals surface area contributed by atoms with Gasteiger partial charge in [0.25, 0.3) is 5.91 Å². The van der Waals surface area contributed by atoms with Crippen LogP contribution in [-0.4, -0.2) is 49.7 Å². The van der Waals surface area contributed by atoms with Crippen LogP contribution in [0.3, 0.4) is 0 Å². The summed E-state index contributed by atoms with van der Waals surface area (Å²) < 4.78 is 19.1. The molecular weight excluding hydrogens is 389 g/mol. The van der Waals surface area contributed by atoms with Crippen LogP contribution in [0.25, 0.3) is 0 Å². The third-order valence-electron chi connectivity index (χ3n) is 6.31. The van der Waals surface area contributed by atoms with Gasteiger partial charge in [0.15, 0.2) is 0 Å². The van der Waals surface area contributed by atoms with E-state index in [0.717, 1.165) is 37.8 Å². The Labute approximate surface area is 174 Å². The van der Waals surface area contributed by atoms with Gasteiger partial charge in [-0.25, -0.2) is 4.39 Å². The second-order valence-corrected chi connectivity index (χ2v) is 8.24. The number of carbonyl (C=O) groups excluding carboxylic acids is 2. The molecular formula is C21H26FN5O3. The van der Waals surface area contributed by atoms with E-state index in [0.29, 0.717) is 35.6 Å². The largest absolute Gasteiger partial charge is 0.468 e. The average molecular weight is 415 g/mol. The molecule has 1 aromatic rings. The topological polar surface area (TPSA) is 121 Å². The number of nitrogens with one attached hydrogen (secondary N) is 3. The zero-order valence-electron chi connectivity index (χ0n) is 16.9. The van der Waals surface area contributed by atoms with Crippen molar-refractivity contribution in [3.8, 4) is 0 Å². The molecule has 8 nitrogen and oxygen atoms in total. The van der Waals surface area contributed by atoms with Crippen molar-refractivity contribution in [3.63, 3.8) is 0 Å². The first-order chi connectivity index (χ1) is 14.4. The van der Waals surface area contributed by atoms with Crippen LogP contribution in [0.15, 0.2) is 23.5 Å². The lowest BCUT2D eigenvalue weighted by Crippen LogP contribution is -2.47. The minimum atomic E-state index is -1.00. The van der Waals surface area contributed by atoms with Crippen LogP contribution in [0.2, 0.25) is 0 Å². The average Bonchev–Trinajstić information content (AvgIpc) is 3.45. The lowest BCUT2D eigenvalue weighted by molar-refractivity contribution is -0.152. The van der Waals surface area contributed by atoms with E-state index >= 15 is 0 Å². The maximum atomic E-state index is 13.9. The van der Waals surface area contributed by atoms with Crippen LogP contribution in [0.1, 0.15) is 36.0 Å². The molecule has 2 fully saturated rings. The first kappa shape index (κ1) is 20.3. The maximum Gasteiger partial charge on any atom is 0.316 e. The molecule has 1 aliphatic carbocycles. The second-order valence-electron chi connectivity index (χ2n) is 8.24. The summed E-state index contributed by atoms with van der Waals surface area (Å²) in [6.07, 6.45) is 4.68. The van der Waals surface area contributed by atoms with Gasteiger partial charge in [0.05, 0.1) is 24.0 Å². The molecule has 4 rings (SSSR count). The van der Waals surface area contributed by atoms with E-state index in [9.17, 15) is 14.0 Å². The van der Waals surface area contributed by atoms with Crippen LogP contribution < -0.4 is 16.4 Å². The van der Waals surface area contributed by atoms with Gasteiger partial charge in [0, 0.05) is 18.3 Å². The molecule has 1 saturated carbocycles. The Balaban J connectivity index is 1.68. The molecule has 0 bridgehead atoms. The van der Waals surface area contributed by atoms with Crippen LogP contribution in [0, 0.1) is 22.6 Å². The van der Waals surface area contributed by atoms with E-state index in [4.69, 9.17) is 15.9 Å². The number of likely N-dealkylation sites (tertiary alicyclic amines) is 1. The van der Waals surface area contributed by atoms with Crippen molar-refractivity contribution in [2.24, 2.45) is 17.1 Å². The molecule has 3 aliphatic rings. The van der Waals surface area contributed by atoms with Gasteiger partial charge in [0.1, 0.15) is 17.1 Å². The Morgan fingerprint density at radius 2 is 2.03 bits per heavy atom. The summed E-state index contributed by atoms with van der Waals surface area (Å²) in [4.78, 5) is 27.0. The second kappa shape index (κ2) is 7.71. The molecule has 0 spiro atoms. The highest BCUT2D eigenvalue weighted by Crippen LogP contribution is 2.44. The quantitative estimate of drug-likeness (QED) is 0.418. The number of anilines is 2. The van der Waals surface area contributed by atoms with E-state index < -0.39 is 23.1 Å². The SMILES string of the molecule is COC(=O)C1(/C(C=N)=C2\Nc3cc(F)cc(C(N)=O)c3N2)CCN(CC2CC2)CC1. The predicted molar refractivity (Wildman–Crippen MR) is 111 cm³/mol. The van der Waals surface area contributed by atoms with E-state index in [-0.39, 0.29) is 5.56 Å². The Morgan fingerprint density at radius 1 is 1.33 bits per heavy atom. The standard InChI is InChI=1S/C21H26FN5O3/c1-30-20(29)21(4-6-27(7-5-21)11-12-2-3-12)15(10-23)19-25-16-9-13(22)8-14(18(24)28)17(16)26-19/h8-10,12,23,25-26H,2-7,11H2,1H3,(H2,24,28)/b19-15+,23-10?. The van der Waals surface area contributed by atoms with Gasteiger partial charge < -0.3 is 31.4 Å². The molecule has 160 valence electrons. The summed E-state index contributed by atoms with van der Waals surface area (Å²) in [6.45, 7) is 2.49. The molecule has 2 heterocycles. The van der Waals surface area contributed by atoms with E-state index in [1.165, 1.54) is 26.0 Å². The predicted octanol–water partition coefficient (Wildman–Crippen LogP) is 2.29. The third-order valence-corrected chi connectivity index (χ3v) is 6.31. The number of primary amides is 1. The van der Waals surface area contributed by atoms with Crippen molar-refractivity contribution in [1.82, 2.24) is 4.90 Å². The molecule has 2 aliphatic heterocycles. The summed E-state index contributed by atoms with van der Waals surface area (Å²) in [5.74, 6) is -0.653. The highest BCUT2D eigenvalue weighted by atomic mass is 19.1. The minimum Gasteiger partial charge on any atom is -0.468 e. The number of piperidine rings is 1. The monoisotopic (exact) mass is 415 g/mol. The molecule has 1 amide bonds. The maximum absolute atomic E-state index is 13.9. The van der Waals surface area contributed by atoms with Gasteiger partial charge in [-0.1, -0.05) is 0 Å². The van der Waals surface area contributed by atoms with Crippen molar-refractivity contribution in [3.05, 3.63) is 34.9 Å². The van der Waals surface area contributed by atoms with Crippen molar-refractivity contribution >= 4 is 29.5 Å². The number of nitrogens with two attached hydrogens (primary N) is 1. The van der Waals surface area contributed by atoms with Crippen molar-refractivity contribution in [2.45, 2.75) is 25.7 Å². The number of hydrogen-bond donors (Lipinski definition) is 4. The van der Waals surface area contributed by atoms with Crippen molar-refractivity contribution in [2.75, 3.05) is 37.4 Å². The Hall–Kier alpha value is -2.94. The molecule has 30 heavy (non-hydrogen) atoms. The smallest absolute Gasteiger partial charge is 0.316 e. The first-order valence-electron chi connectivity index (χ1n) is 10.1. The fourth-order valence-corrected chi connectivity index (χ4v) is 4.47. The van der Waals surface area contributed by atoms with Gasteiger partial charge in [-0.3, -0.25) is 9.59 Å². The number of carbonyl (C=O) groups is 2. The van der Waals surface area contributed by atoms with Gasteiger partial charge in [0.2, 0.25) is 0 Å². The fraction of sp³-hybridized carbons (Fsp3) is 0.476. The lowest BCUT2D eigenvalue weighted by Gasteiger charge is -2.40. The molecule has 5 N–H and O–H groups in total. The van der Waals surface area contributed by atoms with E-state index in [1.54, 1.807) is 0 Å². The minimum absolute atomic E-state index is 0.00296. The zero-order valence-corrected chi connectivity index (χ0v) is 16.9. The normalized spacial score (nSPS) is 21.8. The molecule has 1 aromatic carbocycles. The fourth-order valence-electron chi connectivity index (χ4n) is 4.47. The highest BCUT2D eigenvalue weighted by Gasteiger charge is 2.47. The molecule has 0 radical (unpaired) electrons. The Kier molecular flexibility index (Phi) is 5.23. The highest BCUT2D eigenvalue weighted by molar-refractivity contribution is 6.04. The summed E-state index contributed by atoms with van der Waals surface area (Å²) in [6, 6.07) is 2.31.